The predicted molar refractivity (Wildman–Crippen MR) is 84.3 cm³/mol. The third-order valence-electron chi connectivity index (χ3n) is 3.48. The number of carbonyl (C=O) groups excluding carboxylic acids is 1. The van der Waals surface area contributed by atoms with Gasteiger partial charge in [0.2, 0.25) is 11.8 Å². The van der Waals surface area contributed by atoms with Crippen LogP contribution in [0.1, 0.15) is 56.1 Å². The van der Waals surface area contributed by atoms with Crippen LogP contribution in [0.2, 0.25) is 0 Å². The van der Waals surface area contributed by atoms with Gasteiger partial charge in [0.25, 0.3) is 0 Å². The SMILES string of the molecule is CC(=O)N[C@@H](CC(C)C)c1nc(Cc2ccccc2C)no1. The molecule has 1 aromatic heterocycles. The third-order valence-corrected chi connectivity index (χ3v) is 3.48. The monoisotopic (exact) mass is 301 g/mol. The van der Waals surface area contributed by atoms with E-state index >= 15 is 0 Å². The third kappa shape index (κ3) is 4.41. The van der Waals surface area contributed by atoms with E-state index in [1.54, 1.807) is 0 Å². The highest BCUT2D eigenvalue weighted by Gasteiger charge is 2.21. The molecule has 0 aliphatic carbocycles. The molecule has 0 radical (unpaired) electrons. The maximum absolute atomic E-state index is 11.4. The topological polar surface area (TPSA) is 68.0 Å². The van der Waals surface area contributed by atoms with Gasteiger partial charge in [0.1, 0.15) is 6.04 Å². The van der Waals surface area contributed by atoms with E-state index in [9.17, 15) is 4.79 Å². The Morgan fingerprint density at radius 2 is 2.05 bits per heavy atom. The largest absolute Gasteiger partial charge is 0.345 e. The predicted octanol–water partition coefficient (Wildman–Crippen LogP) is 3.19. The summed E-state index contributed by atoms with van der Waals surface area (Å²) in [6.45, 7) is 7.76. The van der Waals surface area contributed by atoms with Crippen LogP contribution in [0.15, 0.2) is 28.8 Å². The molecule has 0 aliphatic rings. The molecule has 5 heteroatoms. The van der Waals surface area contributed by atoms with Crippen molar-refractivity contribution >= 4 is 5.91 Å². The molecule has 118 valence electrons. The Morgan fingerprint density at radius 3 is 2.68 bits per heavy atom. The fraction of sp³-hybridized carbons (Fsp3) is 0.471. The molecule has 0 aliphatic heterocycles. The first-order chi connectivity index (χ1) is 10.5. The molecule has 2 rings (SSSR count). The highest BCUT2D eigenvalue weighted by atomic mass is 16.5. The molecule has 22 heavy (non-hydrogen) atoms. The normalized spacial score (nSPS) is 12.4. The summed E-state index contributed by atoms with van der Waals surface area (Å²) in [6, 6.07) is 7.91. The van der Waals surface area contributed by atoms with Gasteiger partial charge in [-0.15, -0.1) is 0 Å². The molecule has 0 bridgehead atoms. The van der Waals surface area contributed by atoms with Gasteiger partial charge in [-0.1, -0.05) is 43.3 Å². The van der Waals surface area contributed by atoms with Crippen molar-refractivity contribution in [1.29, 1.82) is 0 Å². The molecule has 1 heterocycles. The van der Waals surface area contributed by atoms with Crippen molar-refractivity contribution in [3.63, 3.8) is 0 Å². The number of carbonyl (C=O) groups is 1. The Labute approximate surface area is 131 Å². The quantitative estimate of drug-likeness (QED) is 0.889. The van der Waals surface area contributed by atoms with Crippen molar-refractivity contribution in [2.24, 2.45) is 5.92 Å². The fourth-order valence-electron chi connectivity index (χ4n) is 2.40. The molecule has 0 saturated heterocycles. The van der Waals surface area contributed by atoms with Crippen molar-refractivity contribution < 1.29 is 9.32 Å². The van der Waals surface area contributed by atoms with Crippen molar-refractivity contribution in [2.45, 2.75) is 46.6 Å². The molecule has 5 nitrogen and oxygen atoms in total. The fourth-order valence-corrected chi connectivity index (χ4v) is 2.40. The van der Waals surface area contributed by atoms with Gasteiger partial charge in [-0.05, 0) is 30.4 Å². The molecule has 0 spiro atoms. The lowest BCUT2D eigenvalue weighted by Gasteiger charge is -2.15. The molecule has 2 aromatic rings. The van der Waals surface area contributed by atoms with Crippen molar-refractivity contribution in [3.05, 3.63) is 47.1 Å². The molecule has 0 fully saturated rings. The number of benzene rings is 1. The van der Waals surface area contributed by atoms with E-state index in [-0.39, 0.29) is 11.9 Å². The van der Waals surface area contributed by atoms with Gasteiger partial charge in [-0.25, -0.2) is 0 Å². The number of hydrogen-bond donors (Lipinski definition) is 1. The molecular formula is C17H23N3O2. The summed E-state index contributed by atoms with van der Waals surface area (Å²) in [5, 5.41) is 6.93. The maximum Gasteiger partial charge on any atom is 0.249 e. The lowest BCUT2D eigenvalue weighted by Crippen LogP contribution is -2.27. The highest BCUT2D eigenvalue weighted by Crippen LogP contribution is 2.21. The van der Waals surface area contributed by atoms with E-state index in [1.165, 1.54) is 18.1 Å². The summed E-state index contributed by atoms with van der Waals surface area (Å²) in [5.74, 6) is 1.45. The zero-order valence-corrected chi connectivity index (χ0v) is 13.6. The average molecular weight is 301 g/mol. The Balaban J connectivity index is 2.14. The zero-order chi connectivity index (χ0) is 16.1. The van der Waals surface area contributed by atoms with Crippen LogP contribution in [-0.2, 0) is 11.2 Å². The van der Waals surface area contributed by atoms with E-state index in [0.717, 1.165) is 6.42 Å². The van der Waals surface area contributed by atoms with Crippen LogP contribution in [0.4, 0.5) is 0 Å². The molecule has 0 saturated carbocycles. The van der Waals surface area contributed by atoms with Gasteiger partial charge in [0, 0.05) is 13.3 Å². The van der Waals surface area contributed by atoms with E-state index in [0.29, 0.717) is 24.1 Å². The van der Waals surface area contributed by atoms with Gasteiger partial charge in [-0.3, -0.25) is 4.79 Å². The molecule has 1 aromatic carbocycles. The minimum absolute atomic E-state index is 0.0932. The number of amides is 1. The standard InChI is InChI=1S/C17H23N3O2/c1-11(2)9-15(18-13(4)21)17-19-16(20-22-17)10-14-8-6-5-7-12(14)3/h5-8,11,15H,9-10H2,1-4H3,(H,18,21)/t15-/m0/s1. The molecular weight excluding hydrogens is 278 g/mol. The van der Waals surface area contributed by atoms with Crippen molar-refractivity contribution in [2.75, 3.05) is 0 Å². The second kappa shape index (κ2) is 7.20. The van der Waals surface area contributed by atoms with Gasteiger partial charge in [0.05, 0.1) is 0 Å². The van der Waals surface area contributed by atoms with Crippen molar-refractivity contribution in [3.8, 4) is 0 Å². The summed E-state index contributed by atoms with van der Waals surface area (Å²) >= 11 is 0. The van der Waals surface area contributed by atoms with Crippen LogP contribution in [-0.4, -0.2) is 16.0 Å². The van der Waals surface area contributed by atoms with Gasteiger partial charge < -0.3 is 9.84 Å². The number of hydrogen-bond acceptors (Lipinski definition) is 4. The minimum atomic E-state index is -0.226. The Morgan fingerprint density at radius 1 is 1.32 bits per heavy atom. The van der Waals surface area contributed by atoms with E-state index in [2.05, 4.69) is 48.4 Å². The molecule has 1 N–H and O–H groups in total. The summed E-state index contributed by atoms with van der Waals surface area (Å²) < 4.78 is 5.36. The van der Waals surface area contributed by atoms with E-state index < -0.39 is 0 Å². The summed E-state index contributed by atoms with van der Waals surface area (Å²) in [6.07, 6.45) is 1.40. The van der Waals surface area contributed by atoms with Crippen LogP contribution in [0, 0.1) is 12.8 Å². The van der Waals surface area contributed by atoms with Gasteiger partial charge in [-0.2, -0.15) is 4.98 Å². The number of aromatic nitrogens is 2. The minimum Gasteiger partial charge on any atom is -0.345 e. The summed E-state index contributed by atoms with van der Waals surface area (Å²) in [7, 11) is 0. The second-order valence-electron chi connectivity index (χ2n) is 6.03. The molecule has 1 atom stereocenters. The number of rotatable bonds is 6. The van der Waals surface area contributed by atoms with E-state index in [1.807, 2.05) is 12.1 Å². The maximum atomic E-state index is 11.4. The van der Waals surface area contributed by atoms with Gasteiger partial charge >= 0.3 is 0 Å². The highest BCUT2D eigenvalue weighted by molar-refractivity contribution is 5.73. The van der Waals surface area contributed by atoms with Crippen LogP contribution in [0.25, 0.3) is 0 Å². The first-order valence-corrected chi connectivity index (χ1v) is 7.59. The summed E-state index contributed by atoms with van der Waals surface area (Å²) in [4.78, 5) is 15.8. The average Bonchev–Trinajstić information content (AvgIpc) is 2.88. The Hall–Kier alpha value is -2.17. The van der Waals surface area contributed by atoms with Crippen LogP contribution in [0.3, 0.4) is 0 Å². The lowest BCUT2D eigenvalue weighted by atomic mass is 10.0. The number of nitrogens with zero attached hydrogens (tertiary/aromatic N) is 2. The molecule has 0 unspecified atom stereocenters. The smallest absolute Gasteiger partial charge is 0.249 e. The summed E-state index contributed by atoms with van der Waals surface area (Å²) in [5.41, 5.74) is 2.38. The second-order valence-corrected chi connectivity index (χ2v) is 6.03. The zero-order valence-electron chi connectivity index (χ0n) is 13.6. The number of aryl methyl sites for hydroxylation is 1. The Bertz CT molecular complexity index is 634. The van der Waals surface area contributed by atoms with Gasteiger partial charge in [0.15, 0.2) is 5.82 Å². The van der Waals surface area contributed by atoms with Crippen LogP contribution >= 0.6 is 0 Å². The first kappa shape index (κ1) is 16.2. The van der Waals surface area contributed by atoms with Crippen LogP contribution < -0.4 is 5.32 Å². The molecule has 1 amide bonds. The number of nitrogens with one attached hydrogen (secondary N) is 1. The van der Waals surface area contributed by atoms with E-state index in [4.69, 9.17) is 4.52 Å². The van der Waals surface area contributed by atoms with Crippen molar-refractivity contribution in [1.82, 2.24) is 15.5 Å². The Kier molecular flexibility index (Phi) is 5.31. The first-order valence-electron chi connectivity index (χ1n) is 7.59. The van der Waals surface area contributed by atoms with Crippen LogP contribution in [0.5, 0.6) is 0 Å². The lowest BCUT2D eigenvalue weighted by molar-refractivity contribution is -0.120.